The maximum Gasteiger partial charge on any atom is 0.317 e. The summed E-state index contributed by atoms with van der Waals surface area (Å²) in [5.74, 6) is 0.952. The molecule has 152 valence electrons. The highest BCUT2D eigenvalue weighted by Gasteiger charge is 2.21. The van der Waals surface area contributed by atoms with Gasteiger partial charge in [-0.05, 0) is 41.8 Å². The zero-order valence-electron chi connectivity index (χ0n) is 16.8. The molecule has 2 aromatic carbocycles. The zero-order chi connectivity index (χ0) is 20.6. The minimum atomic E-state index is -0.143. The van der Waals surface area contributed by atoms with Crippen LogP contribution in [0.4, 0.5) is 10.5 Å². The van der Waals surface area contributed by atoms with E-state index in [0.29, 0.717) is 26.1 Å². The van der Waals surface area contributed by atoms with Gasteiger partial charge in [0.15, 0.2) is 0 Å². The smallest absolute Gasteiger partial charge is 0.317 e. The lowest BCUT2D eigenvalue weighted by atomic mass is 10.2. The van der Waals surface area contributed by atoms with Gasteiger partial charge in [-0.3, -0.25) is 4.79 Å². The molecule has 6 nitrogen and oxygen atoms in total. The van der Waals surface area contributed by atoms with Crippen molar-refractivity contribution in [2.24, 2.45) is 0 Å². The number of anilines is 1. The minimum absolute atomic E-state index is 0.143. The minimum Gasteiger partial charge on any atom is -0.490 e. The summed E-state index contributed by atoms with van der Waals surface area (Å²) < 4.78 is 5.46. The van der Waals surface area contributed by atoms with E-state index < -0.39 is 0 Å². The molecule has 0 unspecified atom stereocenters. The summed E-state index contributed by atoms with van der Waals surface area (Å²) in [5.41, 5.74) is 2.93. The summed E-state index contributed by atoms with van der Waals surface area (Å²) in [5, 5.41) is 2.93. The van der Waals surface area contributed by atoms with Crippen LogP contribution in [0.25, 0.3) is 0 Å². The van der Waals surface area contributed by atoms with Gasteiger partial charge in [0, 0.05) is 38.8 Å². The van der Waals surface area contributed by atoms with Crippen LogP contribution in [-0.4, -0.2) is 37.0 Å². The van der Waals surface area contributed by atoms with Crippen LogP contribution in [0, 0.1) is 0 Å². The van der Waals surface area contributed by atoms with Gasteiger partial charge in [-0.25, -0.2) is 4.79 Å². The van der Waals surface area contributed by atoms with Gasteiger partial charge < -0.3 is 19.9 Å². The summed E-state index contributed by atoms with van der Waals surface area (Å²) in [6, 6.07) is 15.3. The fourth-order valence-electron chi connectivity index (χ4n) is 3.22. The van der Waals surface area contributed by atoms with E-state index >= 15 is 0 Å². The normalized spacial score (nSPS) is 13.3. The summed E-state index contributed by atoms with van der Waals surface area (Å²) >= 11 is 0. The van der Waals surface area contributed by atoms with Gasteiger partial charge in [-0.15, -0.1) is 0 Å². The number of benzene rings is 2. The molecule has 1 N–H and O–H groups in total. The van der Waals surface area contributed by atoms with Crippen LogP contribution in [0.3, 0.4) is 0 Å². The first-order valence-corrected chi connectivity index (χ1v) is 9.77. The van der Waals surface area contributed by atoms with Crippen molar-refractivity contribution in [3.8, 4) is 5.75 Å². The molecule has 0 atom stereocenters. The number of amides is 3. The summed E-state index contributed by atoms with van der Waals surface area (Å²) in [4.78, 5) is 27.6. The maximum atomic E-state index is 12.4. The highest BCUT2D eigenvalue weighted by atomic mass is 16.5. The average molecular weight is 393 g/mol. The van der Waals surface area contributed by atoms with Gasteiger partial charge in [0.1, 0.15) is 12.4 Å². The second kappa shape index (κ2) is 9.78. The number of ether oxygens (including phenoxy) is 1. The third-order valence-corrected chi connectivity index (χ3v) is 4.82. The van der Waals surface area contributed by atoms with Crippen LogP contribution in [0.1, 0.15) is 24.0 Å². The van der Waals surface area contributed by atoms with Crippen molar-refractivity contribution in [3.63, 3.8) is 0 Å². The third-order valence-electron chi connectivity index (χ3n) is 4.82. The van der Waals surface area contributed by atoms with E-state index in [1.54, 1.807) is 18.0 Å². The standard InChI is InChI=1S/C23H27N3O3/c1-3-15-29-21-12-8-19(9-13-21)17-25(2)23(28)24-16-18-6-10-20(11-7-18)26-14-4-5-22(26)27/h3,6-13H,1,4-5,14-17H2,2H3,(H,24,28). The molecule has 0 spiro atoms. The largest absolute Gasteiger partial charge is 0.490 e. The number of carbonyl (C=O) groups excluding carboxylic acids is 2. The summed E-state index contributed by atoms with van der Waals surface area (Å²) in [7, 11) is 1.76. The first kappa shape index (κ1) is 20.5. The number of hydrogen-bond donors (Lipinski definition) is 1. The highest BCUT2D eigenvalue weighted by Crippen LogP contribution is 2.21. The predicted molar refractivity (Wildman–Crippen MR) is 114 cm³/mol. The first-order chi connectivity index (χ1) is 14.1. The first-order valence-electron chi connectivity index (χ1n) is 9.77. The van der Waals surface area contributed by atoms with Crippen molar-refractivity contribution in [2.75, 3.05) is 25.1 Å². The molecule has 0 aromatic heterocycles. The molecule has 1 heterocycles. The van der Waals surface area contributed by atoms with Crippen molar-refractivity contribution < 1.29 is 14.3 Å². The number of nitrogens with one attached hydrogen (secondary N) is 1. The topological polar surface area (TPSA) is 61.9 Å². The molecule has 0 bridgehead atoms. The van der Waals surface area contributed by atoms with Gasteiger partial charge in [-0.1, -0.05) is 36.9 Å². The molecular formula is C23H27N3O3. The molecule has 0 aliphatic carbocycles. The van der Waals surface area contributed by atoms with Gasteiger partial charge in [0.25, 0.3) is 0 Å². The molecule has 1 saturated heterocycles. The Morgan fingerprint density at radius 3 is 2.48 bits per heavy atom. The number of hydrogen-bond acceptors (Lipinski definition) is 3. The molecule has 3 rings (SSSR count). The molecule has 3 amide bonds. The molecule has 1 aliphatic heterocycles. The zero-order valence-corrected chi connectivity index (χ0v) is 16.8. The molecule has 29 heavy (non-hydrogen) atoms. The second-order valence-corrected chi connectivity index (χ2v) is 7.07. The molecule has 0 radical (unpaired) electrons. The quantitative estimate of drug-likeness (QED) is 0.696. The Bertz CT molecular complexity index is 847. The summed E-state index contributed by atoms with van der Waals surface area (Å²) in [6.45, 7) is 5.81. The molecular weight excluding hydrogens is 366 g/mol. The van der Waals surface area contributed by atoms with Gasteiger partial charge in [0.05, 0.1) is 0 Å². The molecule has 1 fully saturated rings. The van der Waals surface area contributed by atoms with E-state index in [2.05, 4.69) is 11.9 Å². The number of urea groups is 1. The predicted octanol–water partition coefficient (Wildman–Crippen LogP) is 3.72. The average Bonchev–Trinajstić information content (AvgIpc) is 3.17. The lowest BCUT2D eigenvalue weighted by molar-refractivity contribution is -0.117. The van der Waals surface area contributed by atoms with Crippen LogP contribution < -0.4 is 15.0 Å². The van der Waals surface area contributed by atoms with Crippen LogP contribution in [0.15, 0.2) is 61.2 Å². The van der Waals surface area contributed by atoms with Crippen LogP contribution in [0.2, 0.25) is 0 Å². The number of nitrogens with zero attached hydrogens (tertiary/aromatic N) is 2. The van der Waals surface area contributed by atoms with E-state index in [9.17, 15) is 9.59 Å². The van der Waals surface area contributed by atoms with Crippen molar-refractivity contribution >= 4 is 17.6 Å². The summed E-state index contributed by atoms with van der Waals surface area (Å²) in [6.07, 6.45) is 3.23. The number of rotatable bonds is 8. The monoisotopic (exact) mass is 393 g/mol. The molecule has 1 aliphatic rings. The molecule has 6 heteroatoms. The SMILES string of the molecule is C=CCOc1ccc(CN(C)C(=O)NCc2ccc(N3CCCC3=O)cc2)cc1. The van der Waals surface area contributed by atoms with E-state index in [1.807, 2.05) is 53.4 Å². The van der Waals surface area contributed by atoms with Crippen molar-refractivity contribution in [3.05, 3.63) is 72.3 Å². The fourth-order valence-corrected chi connectivity index (χ4v) is 3.22. The van der Waals surface area contributed by atoms with Crippen molar-refractivity contribution in [1.29, 1.82) is 0 Å². The van der Waals surface area contributed by atoms with Crippen LogP contribution in [-0.2, 0) is 17.9 Å². The second-order valence-electron chi connectivity index (χ2n) is 7.07. The van der Waals surface area contributed by atoms with E-state index in [-0.39, 0.29) is 11.9 Å². The van der Waals surface area contributed by atoms with Crippen molar-refractivity contribution in [2.45, 2.75) is 25.9 Å². The van der Waals surface area contributed by atoms with Crippen LogP contribution >= 0.6 is 0 Å². The van der Waals surface area contributed by atoms with E-state index in [0.717, 1.165) is 35.5 Å². The van der Waals surface area contributed by atoms with E-state index in [1.165, 1.54) is 0 Å². The van der Waals surface area contributed by atoms with Gasteiger partial charge >= 0.3 is 6.03 Å². The van der Waals surface area contributed by atoms with Crippen molar-refractivity contribution in [1.82, 2.24) is 10.2 Å². The third kappa shape index (κ3) is 5.60. The van der Waals surface area contributed by atoms with Gasteiger partial charge in [0.2, 0.25) is 5.91 Å². The van der Waals surface area contributed by atoms with E-state index in [4.69, 9.17) is 4.74 Å². The Kier molecular flexibility index (Phi) is 6.89. The lowest BCUT2D eigenvalue weighted by Gasteiger charge is -2.19. The Morgan fingerprint density at radius 1 is 1.17 bits per heavy atom. The molecule has 2 aromatic rings. The number of carbonyl (C=O) groups is 2. The maximum absolute atomic E-state index is 12.4. The fraction of sp³-hybridized carbons (Fsp3) is 0.304. The Labute approximate surface area is 171 Å². The Morgan fingerprint density at radius 2 is 1.86 bits per heavy atom. The highest BCUT2D eigenvalue weighted by molar-refractivity contribution is 5.95. The Balaban J connectivity index is 1.47. The molecule has 0 saturated carbocycles. The lowest BCUT2D eigenvalue weighted by Crippen LogP contribution is -2.36. The Hall–Kier alpha value is -3.28. The van der Waals surface area contributed by atoms with Crippen LogP contribution in [0.5, 0.6) is 5.75 Å². The van der Waals surface area contributed by atoms with Gasteiger partial charge in [-0.2, -0.15) is 0 Å².